The van der Waals surface area contributed by atoms with Gasteiger partial charge in [0.2, 0.25) is 0 Å². The van der Waals surface area contributed by atoms with E-state index < -0.39 is 11.9 Å². The number of carboxylic acid groups (broad SMARTS) is 2. The van der Waals surface area contributed by atoms with Crippen molar-refractivity contribution in [3.8, 4) is 0 Å². The molecule has 0 aromatic heterocycles. The van der Waals surface area contributed by atoms with Crippen LogP contribution in [-0.2, 0) is 9.59 Å². The summed E-state index contributed by atoms with van der Waals surface area (Å²) in [6.07, 6.45) is -0.528. The first-order valence-electron chi connectivity index (χ1n) is 3.16. The summed E-state index contributed by atoms with van der Waals surface area (Å²) in [5.41, 5.74) is 0. The predicted octanol–water partition coefficient (Wildman–Crippen LogP) is -4.14. The smallest absolute Gasteiger partial charge is 0.550 e. The second kappa shape index (κ2) is 14.2. The molecule has 0 amide bonds. The minimum atomic E-state index is -1.21. The molecule has 0 heterocycles. The number of hydrogen-bond donors (Lipinski definition) is 2. The van der Waals surface area contributed by atoms with E-state index in [-0.39, 0.29) is 49.1 Å². The molecule has 0 rings (SSSR count). The molecule has 0 atom stereocenters. The van der Waals surface area contributed by atoms with Crippen molar-refractivity contribution in [3.63, 3.8) is 0 Å². The van der Waals surface area contributed by atoms with Crippen molar-refractivity contribution < 1.29 is 30.0 Å². The molecule has 0 saturated heterocycles. The molecule has 0 aliphatic carbocycles. The monoisotopic (exact) mass is 202 g/mol. The van der Waals surface area contributed by atoms with Crippen molar-refractivity contribution in [2.45, 2.75) is 12.8 Å². The molecule has 0 aliphatic heterocycles. The largest absolute Gasteiger partial charge is 2.00 e. The number of hydrogen-bond acceptors (Lipinski definition) is 6. The predicted molar refractivity (Wildman–Crippen MR) is 39.2 cm³/mol. The van der Waals surface area contributed by atoms with Crippen LogP contribution in [0.15, 0.2) is 0 Å². The Morgan fingerprint density at radius 3 is 1.15 bits per heavy atom. The fraction of sp³-hybridized carbons (Fsp3) is 0.667. The minimum absolute atomic E-state index is 0. The summed E-state index contributed by atoms with van der Waals surface area (Å²) in [5, 5.41) is 34.3. The van der Waals surface area contributed by atoms with Gasteiger partial charge in [-0.2, -0.15) is 0 Å². The molecule has 72 valence electrons. The summed E-state index contributed by atoms with van der Waals surface area (Å²) in [6, 6.07) is 0. The third kappa shape index (κ3) is 34.0. The minimum Gasteiger partial charge on any atom is -0.550 e. The first-order valence-corrected chi connectivity index (χ1v) is 3.16. The first kappa shape index (κ1) is 18.4. The van der Waals surface area contributed by atoms with Crippen LogP contribution in [0.2, 0.25) is 0 Å². The molecule has 0 fully saturated rings. The molecular weight excluding hydrogens is 192 g/mol. The summed E-state index contributed by atoms with van der Waals surface area (Å²) >= 11 is 0. The van der Waals surface area contributed by atoms with Crippen LogP contribution in [0.1, 0.15) is 12.8 Å². The maximum absolute atomic E-state index is 9.33. The van der Waals surface area contributed by atoms with Crippen LogP contribution >= 0.6 is 0 Å². The van der Waals surface area contributed by atoms with E-state index in [0.29, 0.717) is 0 Å². The Hall–Kier alpha value is -0.374. The Morgan fingerprint density at radius 2 is 1.15 bits per heavy atom. The van der Waals surface area contributed by atoms with Gasteiger partial charge in [-0.05, 0) is 0 Å². The normalized spacial score (nSPS) is 7.54. The molecule has 0 aromatic rings. The number of carbonyl (C=O) groups is 2. The summed E-state index contributed by atoms with van der Waals surface area (Å²) < 4.78 is 0. The van der Waals surface area contributed by atoms with Crippen LogP contribution in [0.4, 0.5) is 0 Å². The van der Waals surface area contributed by atoms with Gasteiger partial charge in [0.05, 0.1) is 0 Å². The zero-order valence-corrected chi connectivity index (χ0v) is 8.48. The maximum atomic E-state index is 9.33. The van der Waals surface area contributed by atoms with Crippen molar-refractivity contribution in [1.82, 2.24) is 0 Å². The number of aliphatic carboxylic acids is 2. The van der Waals surface area contributed by atoms with Gasteiger partial charge < -0.3 is 30.0 Å². The maximum Gasteiger partial charge on any atom is 2.00 e. The van der Waals surface area contributed by atoms with Gasteiger partial charge in [-0.15, -0.1) is 0 Å². The average molecular weight is 202 g/mol. The molecular formula is C6H10MgO6. The number of aliphatic hydroxyl groups excluding tert-OH is 2. The van der Waals surface area contributed by atoms with Gasteiger partial charge in [-0.25, -0.2) is 0 Å². The molecule has 2 N–H and O–H groups in total. The fourth-order valence-corrected chi connectivity index (χ4v) is 0.183. The number of rotatable bonds is 4. The summed E-state index contributed by atoms with van der Waals surface area (Å²) in [5.74, 6) is -2.42. The van der Waals surface area contributed by atoms with Crippen LogP contribution in [-0.4, -0.2) is 58.4 Å². The second-order valence-electron chi connectivity index (χ2n) is 1.69. The fourth-order valence-electron chi connectivity index (χ4n) is 0.183. The molecule has 0 spiro atoms. The van der Waals surface area contributed by atoms with E-state index in [1.54, 1.807) is 0 Å². The second-order valence-corrected chi connectivity index (χ2v) is 1.69. The molecule has 7 heteroatoms. The van der Waals surface area contributed by atoms with Crippen molar-refractivity contribution in [2.24, 2.45) is 0 Å². The molecule has 0 saturated carbocycles. The van der Waals surface area contributed by atoms with Crippen LogP contribution in [0.5, 0.6) is 0 Å². The third-order valence-electron chi connectivity index (χ3n) is 0.632. The van der Waals surface area contributed by atoms with Crippen molar-refractivity contribution >= 4 is 35.0 Å². The topological polar surface area (TPSA) is 121 Å². The Morgan fingerprint density at radius 1 is 0.923 bits per heavy atom. The number of carbonyl (C=O) groups excluding carboxylic acids is 2. The zero-order chi connectivity index (χ0) is 9.98. The third-order valence-corrected chi connectivity index (χ3v) is 0.632. The Bertz CT molecular complexity index is 121. The summed E-state index contributed by atoms with van der Waals surface area (Å²) in [4.78, 5) is 18.7. The van der Waals surface area contributed by atoms with Gasteiger partial charge in [0.15, 0.2) is 0 Å². The first-order chi connectivity index (χ1) is 5.54. The Kier molecular flexibility index (Phi) is 20.1. The van der Waals surface area contributed by atoms with Crippen LogP contribution in [0.25, 0.3) is 0 Å². The summed E-state index contributed by atoms with van der Waals surface area (Å²) in [7, 11) is 0. The zero-order valence-electron chi connectivity index (χ0n) is 7.06. The number of carboxylic acids is 2. The van der Waals surface area contributed by atoms with E-state index in [1.807, 2.05) is 0 Å². The molecule has 0 bridgehead atoms. The van der Waals surface area contributed by atoms with E-state index in [9.17, 15) is 19.8 Å². The van der Waals surface area contributed by atoms with Crippen LogP contribution in [0, 0.1) is 0 Å². The van der Waals surface area contributed by atoms with E-state index in [1.165, 1.54) is 0 Å². The number of aliphatic hydroxyl groups is 2. The molecule has 0 aromatic carbocycles. The van der Waals surface area contributed by atoms with Gasteiger partial charge in [-0.1, -0.05) is 0 Å². The van der Waals surface area contributed by atoms with Crippen molar-refractivity contribution in [1.29, 1.82) is 0 Å². The molecule has 0 aliphatic rings. The van der Waals surface area contributed by atoms with Crippen LogP contribution in [0.3, 0.4) is 0 Å². The molecule has 6 nitrogen and oxygen atoms in total. The molecule has 0 radical (unpaired) electrons. The van der Waals surface area contributed by atoms with E-state index >= 15 is 0 Å². The van der Waals surface area contributed by atoms with Crippen molar-refractivity contribution in [3.05, 3.63) is 0 Å². The SMILES string of the molecule is O=C([O-])CCO.O=C([O-])CCO.[Mg+2]. The standard InChI is InChI=1S/2C3H6O3.Mg/c2*4-2-1-3(5)6;/h2*4H,1-2H2,(H,5,6);/q;;+2/p-2. The van der Waals surface area contributed by atoms with E-state index in [4.69, 9.17) is 10.2 Å². The van der Waals surface area contributed by atoms with Crippen LogP contribution < -0.4 is 10.2 Å². The quantitative estimate of drug-likeness (QED) is 0.447. The molecule has 0 unspecified atom stereocenters. The van der Waals surface area contributed by atoms with Gasteiger partial charge in [0.1, 0.15) is 0 Å². The molecule has 13 heavy (non-hydrogen) atoms. The Labute approximate surface area is 91.3 Å². The van der Waals surface area contributed by atoms with Crippen molar-refractivity contribution in [2.75, 3.05) is 13.2 Å². The van der Waals surface area contributed by atoms with Gasteiger partial charge in [0, 0.05) is 38.0 Å². The average Bonchev–Trinajstić information content (AvgIpc) is 1.87. The summed E-state index contributed by atoms with van der Waals surface area (Å²) in [6.45, 7) is -0.662. The van der Waals surface area contributed by atoms with E-state index in [2.05, 4.69) is 0 Å². The van der Waals surface area contributed by atoms with Gasteiger partial charge in [-0.3, -0.25) is 0 Å². The van der Waals surface area contributed by atoms with Gasteiger partial charge in [0.25, 0.3) is 0 Å². The van der Waals surface area contributed by atoms with E-state index in [0.717, 1.165) is 0 Å². The Balaban J connectivity index is -0.000000143. The van der Waals surface area contributed by atoms with Gasteiger partial charge >= 0.3 is 23.1 Å².